The molecule has 0 saturated heterocycles. The molecule has 3 amide bonds. The zero-order valence-electron chi connectivity index (χ0n) is 30.1. The molecular formula is C38H45N3O9S3. The maximum atomic E-state index is 14.7. The molecule has 0 aromatic heterocycles. The SMILES string of the molecule is CCCCC1(CCCC)C(=O)Sc2cc(OCC(=O)N[C@@H](C(=O)N[C@H](CS(C)(=O)=O)C(=O)O)c3ccccc3)c(SC)cc2N(c2ccccc2)C1=O. The van der Waals surface area contributed by atoms with E-state index in [9.17, 15) is 37.5 Å². The Morgan fingerprint density at radius 2 is 1.55 bits per heavy atom. The molecule has 0 spiro atoms. The fourth-order valence-corrected chi connectivity index (χ4v) is 8.51. The quantitative estimate of drug-likeness (QED) is 0.103. The number of aliphatic carboxylic acids is 1. The molecule has 0 aliphatic carbocycles. The van der Waals surface area contributed by atoms with Gasteiger partial charge in [-0.15, -0.1) is 11.8 Å². The molecule has 4 rings (SSSR count). The number of carboxylic acid groups (broad SMARTS) is 1. The van der Waals surface area contributed by atoms with Gasteiger partial charge in [-0.2, -0.15) is 0 Å². The summed E-state index contributed by atoms with van der Waals surface area (Å²) in [5, 5.41) is 14.1. The second-order valence-electron chi connectivity index (χ2n) is 12.8. The number of hydrogen-bond donors (Lipinski definition) is 3. The van der Waals surface area contributed by atoms with Crippen molar-refractivity contribution < 1.29 is 42.2 Å². The van der Waals surface area contributed by atoms with Gasteiger partial charge in [-0.05, 0) is 60.7 Å². The Hall–Kier alpha value is -4.34. The summed E-state index contributed by atoms with van der Waals surface area (Å²) in [5.74, 6) is -4.03. The number of nitrogens with one attached hydrogen (secondary N) is 2. The summed E-state index contributed by atoms with van der Waals surface area (Å²) in [6, 6.07) is 17.6. The zero-order valence-corrected chi connectivity index (χ0v) is 32.6. The number of hydrogen-bond acceptors (Lipinski definition) is 10. The van der Waals surface area contributed by atoms with Gasteiger partial charge in [0.2, 0.25) is 16.9 Å². The lowest BCUT2D eigenvalue weighted by Crippen LogP contribution is -2.50. The van der Waals surface area contributed by atoms with Crippen LogP contribution in [0.1, 0.15) is 64.0 Å². The third-order valence-corrected chi connectivity index (χ3v) is 11.6. The Balaban J connectivity index is 1.66. The average Bonchev–Trinajstić information content (AvgIpc) is 3.21. The van der Waals surface area contributed by atoms with Crippen LogP contribution in [0, 0.1) is 5.41 Å². The van der Waals surface area contributed by atoms with E-state index in [0.29, 0.717) is 52.4 Å². The Labute approximate surface area is 318 Å². The molecule has 3 N–H and O–H groups in total. The average molecular weight is 784 g/mol. The standard InChI is InChI=1S/C38H45N3O9S3/c1-5-7-19-38(20-8-6-2)36(46)41(26-17-13-10-14-18-26)28-21-31(51-3)29(22-30(28)52-37(38)47)50-23-32(42)40-33(25-15-11-9-12-16-25)34(43)39-27(35(44)45)24-53(4,48)49/h9-18,21-22,27,33H,5-8,19-20,23-24H2,1-4H3,(H,39,43)(H,40,42)(H,44,45)/t27-,33-/m1/s1. The van der Waals surface area contributed by atoms with E-state index < -0.39 is 57.5 Å². The van der Waals surface area contributed by atoms with Crippen molar-refractivity contribution in [3.63, 3.8) is 0 Å². The van der Waals surface area contributed by atoms with E-state index in [0.717, 1.165) is 30.9 Å². The van der Waals surface area contributed by atoms with Gasteiger partial charge < -0.3 is 20.5 Å². The molecule has 2 atom stereocenters. The monoisotopic (exact) mass is 783 g/mol. The predicted molar refractivity (Wildman–Crippen MR) is 206 cm³/mol. The van der Waals surface area contributed by atoms with Gasteiger partial charge >= 0.3 is 5.97 Å². The number of rotatable bonds is 18. The minimum absolute atomic E-state index is 0.239. The third-order valence-electron chi connectivity index (χ3n) is 8.76. The van der Waals surface area contributed by atoms with E-state index in [2.05, 4.69) is 10.6 Å². The molecule has 0 fully saturated rings. The number of carbonyl (C=O) groups is 5. The first kappa shape index (κ1) is 41.4. The summed E-state index contributed by atoms with van der Waals surface area (Å²) < 4.78 is 29.7. The number of sulfone groups is 1. The lowest BCUT2D eigenvalue weighted by Gasteiger charge is -2.34. The van der Waals surface area contributed by atoms with E-state index in [1.807, 2.05) is 50.4 Å². The van der Waals surface area contributed by atoms with Crippen molar-refractivity contribution in [2.45, 2.75) is 74.2 Å². The van der Waals surface area contributed by atoms with Crippen LogP contribution in [0.3, 0.4) is 0 Å². The molecule has 53 heavy (non-hydrogen) atoms. The molecule has 3 aromatic rings. The number of unbranched alkanes of at least 4 members (excludes halogenated alkanes) is 2. The molecule has 0 bridgehead atoms. The van der Waals surface area contributed by atoms with Crippen LogP contribution in [0.15, 0.2) is 82.6 Å². The Morgan fingerprint density at radius 1 is 0.943 bits per heavy atom. The number of anilines is 2. The summed E-state index contributed by atoms with van der Waals surface area (Å²) in [4.78, 5) is 70.1. The molecule has 0 unspecified atom stereocenters. The van der Waals surface area contributed by atoms with E-state index in [4.69, 9.17) is 4.74 Å². The smallest absolute Gasteiger partial charge is 0.327 e. The van der Waals surface area contributed by atoms with E-state index >= 15 is 0 Å². The molecule has 3 aromatic carbocycles. The molecule has 1 heterocycles. The number of amides is 3. The van der Waals surface area contributed by atoms with Gasteiger partial charge in [0, 0.05) is 16.8 Å². The Kier molecular flexibility index (Phi) is 14.5. The minimum atomic E-state index is -3.77. The highest BCUT2D eigenvalue weighted by molar-refractivity contribution is 8.14. The fourth-order valence-electron chi connectivity index (χ4n) is 6.03. The Morgan fingerprint density at radius 3 is 2.09 bits per heavy atom. The number of carboxylic acids is 1. The van der Waals surface area contributed by atoms with Crippen molar-refractivity contribution in [3.05, 3.63) is 78.4 Å². The minimum Gasteiger partial charge on any atom is -0.483 e. The third kappa shape index (κ3) is 10.4. The summed E-state index contributed by atoms with van der Waals surface area (Å²) in [7, 11) is -3.77. The van der Waals surface area contributed by atoms with Crippen LogP contribution in [-0.4, -0.2) is 73.2 Å². The van der Waals surface area contributed by atoms with E-state index in [1.54, 1.807) is 47.4 Å². The van der Waals surface area contributed by atoms with Crippen LogP contribution in [0.2, 0.25) is 0 Å². The molecular weight excluding hydrogens is 739 g/mol. The van der Waals surface area contributed by atoms with Gasteiger partial charge in [-0.3, -0.25) is 24.1 Å². The predicted octanol–water partition coefficient (Wildman–Crippen LogP) is 5.92. The molecule has 0 radical (unpaired) electrons. The number of para-hydroxylation sites is 1. The normalized spacial score (nSPS) is 15.1. The van der Waals surface area contributed by atoms with Crippen LogP contribution < -0.4 is 20.3 Å². The van der Waals surface area contributed by atoms with Gasteiger partial charge in [-0.1, -0.05) is 88.1 Å². The Bertz CT molecular complexity index is 1900. The van der Waals surface area contributed by atoms with Gasteiger partial charge in [0.25, 0.3) is 5.91 Å². The van der Waals surface area contributed by atoms with E-state index in [1.165, 1.54) is 11.8 Å². The highest BCUT2D eigenvalue weighted by Crippen LogP contribution is 2.51. The maximum Gasteiger partial charge on any atom is 0.327 e. The fraction of sp³-hybridized carbons (Fsp3) is 0.395. The molecule has 12 nitrogen and oxygen atoms in total. The number of nitrogens with zero attached hydrogens (tertiary/aromatic N) is 1. The summed E-state index contributed by atoms with van der Waals surface area (Å²) >= 11 is 2.32. The molecule has 1 aliphatic rings. The van der Waals surface area contributed by atoms with Crippen LogP contribution in [0.5, 0.6) is 5.75 Å². The molecule has 1 aliphatic heterocycles. The second-order valence-corrected chi connectivity index (χ2v) is 16.9. The first-order chi connectivity index (χ1) is 25.2. The number of ether oxygens (including phenoxy) is 1. The number of benzene rings is 3. The van der Waals surface area contributed by atoms with Crippen molar-refractivity contribution in [3.8, 4) is 5.75 Å². The van der Waals surface area contributed by atoms with Gasteiger partial charge in [0.1, 0.15) is 33.1 Å². The number of fused-ring (bicyclic) bond motifs is 1. The van der Waals surface area contributed by atoms with Gasteiger partial charge in [0.05, 0.1) is 16.3 Å². The van der Waals surface area contributed by atoms with Crippen LogP contribution in [-0.2, 0) is 33.8 Å². The highest BCUT2D eigenvalue weighted by Gasteiger charge is 2.50. The highest BCUT2D eigenvalue weighted by atomic mass is 32.2. The van der Waals surface area contributed by atoms with Gasteiger partial charge in [0.15, 0.2) is 6.61 Å². The van der Waals surface area contributed by atoms with Crippen LogP contribution >= 0.6 is 23.5 Å². The van der Waals surface area contributed by atoms with Crippen molar-refractivity contribution in [1.82, 2.24) is 10.6 Å². The molecule has 284 valence electrons. The summed E-state index contributed by atoms with van der Waals surface area (Å²) in [6.45, 7) is 3.49. The number of thioether (sulfide) groups is 2. The lowest BCUT2D eigenvalue weighted by molar-refractivity contribution is -0.141. The van der Waals surface area contributed by atoms with Crippen molar-refractivity contribution in [1.29, 1.82) is 0 Å². The van der Waals surface area contributed by atoms with Crippen LogP contribution in [0.4, 0.5) is 11.4 Å². The van der Waals surface area contributed by atoms with Gasteiger partial charge in [-0.25, -0.2) is 13.2 Å². The van der Waals surface area contributed by atoms with Crippen molar-refractivity contribution >= 4 is 73.5 Å². The first-order valence-corrected chi connectivity index (χ1v) is 21.4. The summed E-state index contributed by atoms with van der Waals surface area (Å²) in [5.41, 5.74) is 0.240. The van der Waals surface area contributed by atoms with Crippen LogP contribution in [0.25, 0.3) is 0 Å². The maximum absolute atomic E-state index is 14.7. The first-order valence-electron chi connectivity index (χ1n) is 17.3. The largest absolute Gasteiger partial charge is 0.483 e. The molecule has 0 saturated carbocycles. The topological polar surface area (TPSA) is 176 Å². The van der Waals surface area contributed by atoms with Crippen molar-refractivity contribution in [2.75, 3.05) is 29.8 Å². The molecule has 15 heteroatoms. The zero-order chi connectivity index (χ0) is 38.8. The second kappa shape index (κ2) is 18.6. The summed E-state index contributed by atoms with van der Waals surface area (Å²) in [6.07, 6.45) is 6.56. The lowest BCUT2D eigenvalue weighted by atomic mass is 9.77. The van der Waals surface area contributed by atoms with Crippen molar-refractivity contribution in [2.24, 2.45) is 5.41 Å². The van der Waals surface area contributed by atoms with E-state index in [-0.39, 0.29) is 16.8 Å². The number of carbonyl (C=O) groups excluding carboxylic acids is 4.